The Labute approximate surface area is 88.1 Å². The van der Waals surface area contributed by atoms with E-state index in [1.807, 2.05) is 23.9 Å². The van der Waals surface area contributed by atoms with Gasteiger partial charge in [-0.2, -0.15) is 0 Å². The molecule has 1 aromatic heterocycles. The van der Waals surface area contributed by atoms with Gasteiger partial charge in [-0.25, -0.2) is 4.39 Å². The monoisotopic (exact) mass is 204 g/mol. The first kappa shape index (κ1) is 9.77. The van der Waals surface area contributed by atoms with E-state index in [4.69, 9.17) is 5.73 Å². The summed E-state index contributed by atoms with van der Waals surface area (Å²) in [4.78, 5) is 0. The Morgan fingerprint density at radius 3 is 2.53 bits per heavy atom. The van der Waals surface area contributed by atoms with Crippen molar-refractivity contribution in [3.8, 4) is 11.1 Å². The minimum absolute atomic E-state index is 0.238. The Bertz CT molecular complexity index is 474. The maximum atomic E-state index is 13.5. The van der Waals surface area contributed by atoms with Crippen molar-refractivity contribution < 1.29 is 4.39 Å². The fraction of sp³-hybridized carbons (Fsp3) is 0.167. The maximum absolute atomic E-state index is 13.5. The predicted molar refractivity (Wildman–Crippen MR) is 59.9 cm³/mol. The normalized spacial score (nSPS) is 10.5. The van der Waals surface area contributed by atoms with E-state index in [2.05, 4.69) is 0 Å². The number of nitrogens with zero attached hydrogens (tertiary/aromatic N) is 1. The number of aromatic nitrogens is 1. The zero-order valence-electron chi connectivity index (χ0n) is 8.57. The van der Waals surface area contributed by atoms with E-state index in [-0.39, 0.29) is 5.82 Å². The van der Waals surface area contributed by atoms with Crippen LogP contribution in [-0.2, 0) is 6.54 Å². The lowest BCUT2D eigenvalue weighted by Gasteiger charge is -2.00. The molecule has 0 saturated carbocycles. The van der Waals surface area contributed by atoms with Crippen molar-refractivity contribution in [2.45, 2.75) is 13.5 Å². The quantitative estimate of drug-likeness (QED) is 0.801. The number of hydrogen-bond acceptors (Lipinski definition) is 1. The van der Waals surface area contributed by atoms with Crippen LogP contribution in [0.15, 0.2) is 36.7 Å². The van der Waals surface area contributed by atoms with Crippen LogP contribution in [0, 0.1) is 5.82 Å². The SMILES string of the molecule is CCn1cc(N)c(-c2ccccc2F)c1. The van der Waals surface area contributed by atoms with Crippen molar-refractivity contribution >= 4 is 5.69 Å². The molecule has 2 aromatic rings. The van der Waals surface area contributed by atoms with Crippen LogP contribution < -0.4 is 5.73 Å². The first-order valence-electron chi connectivity index (χ1n) is 4.92. The average Bonchev–Trinajstić information content (AvgIpc) is 2.60. The number of nitrogen functional groups attached to an aromatic ring is 1. The van der Waals surface area contributed by atoms with E-state index in [1.54, 1.807) is 18.2 Å². The van der Waals surface area contributed by atoms with Gasteiger partial charge in [0.1, 0.15) is 5.82 Å². The number of aryl methyl sites for hydroxylation is 1. The molecule has 2 rings (SSSR count). The van der Waals surface area contributed by atoms with Gasteiger partial charge < -0.3 is 10.3 Å². The molecule has 0 atom stereocenters. The van der Waals surface area contributed by atoms with Gasteiger partial charge in [-0.05, 0) is 13.0 Å². The third-order valence-electron chi connectivity index (χ3n) is 2.44. The molecular formula is C12H13FN2. The van der Waals surface area contributed by atoms with Gasteiger partial charge in [0.2, 0.25) is 0 Å². The van der Waals surface area contributed by atoms with Crippen LogP contribution in [-0.4, -0.2) is 4.57 Å². The van der Waals surface area contributed by atoms with Crippen LogP contribution in [0.25, 0.3) is 11.1 Å². The second-order valence-electron chi connectivity index (χ2n) is 3.44. The molecular weight excluding hydrogens is 191 g/mol. The summed E-state index contributed by atoms with van der Waals surface area (Å²) < 4.78 is 15.4. The second kappa shape index (κ2) is 3.77. The summed E-state index contributed by atoms with van der Waals surface area (Å²) in [6.07, 6.45) is 3.69. The zero-order chi connectivity index (χ0) is 10.8. The summed E-state index contributed by atoms with van der Waals surface area (Å²) >= 11 is 0. The van der Waals surface area contributed by atoms with Crippen molar-refractivity contribution in [3.63, 3.8) is 0 Å². The van der Waals surface area contributed by atoms with Gasteiger partial charge in [-0.1, -0.05) is 18.2 Å². The van der Waals surface area contributed by atoms with Crippen LogP contribution in [0.1, 0.15) is 6.92 Å². The molecule has 0 bridgehead atoms. The summed E-state index contributed by atoms with van der Waals surface area (Å²) in [5.74, 6) is -0.238. The summed E-state index contributed by atoms with van der Waals surface area (Å²) in [5, 5.41) is 0. The van der Waals surface area contributed by atoms with Gasteiger partial charge in [-0.15, -0.1) is 0 Å². The van der Waals surface area contributed by atoms with Gasteiger partial charge in [0.25, 0.3) is 0 Å². The van der Waals surface area contributed by atoms with Crippen molar-refractivity contribution in [1.29, 1.82) is 0 Å². The molecule has 0 fully saturated rings. The van der Waals surface area contributed by atoms with Crippen molar-refractivity contribution in [1.82, 2.24) is 4.57 Å². The summed E-state index contributed by atoms with van der Waals surface area (Å²) in [6.45, 7) is 2.85. The minimum Gasteiger partial charge on any atom is -0.397 e. The highest BCUT2D eigenvalue weighted by molar-refractivity contribution is 5.76. The molecule has 0 spiro atoms. The van der Waals surface area contributed by atoms with Gasteiger partial charge >= 0.3 is 0 Å². The number of nitrogens with two attached hydrogens (primary N) is 1. The lowest BCUT2D eigenvalue weighted by atomic mass is 10.1. The van der Waals surface area contributed by atoms with Crippen LogP contribution >= 0.6 is 0 Å². The van der Waals surface area contributed by atoms with Gasteiger partial charge in [0, 0.05) is 30.1 Å². The van der Waals surface area contributed by atoms with Gasteiger partial charge in [-0.3, -0.25) is 0 Å². The number of rotatable bonds is 2. The highest BCUT2D eigenvalue weighted by atomic mass is 19.1. The standard InChI is InChI=1S/C12H13FN2/c1-2-15-7-10(12(14)8-15)9-5-3-4-6-11(9)13/h3-8H,2,14H2,1H3. The molecule has 0 radical (unpaired) electrons. The third-order valence-corrected chi connectivity index (χ3v) is 2.44. The summed E-state index contributed by atoms with van der Waals surface area (Å²) in [7, 11) is 0. The van der Waals surface area contributed by atoms with E-state index >= 15 is 0 Å². The molecule has 78 valence electrons. The predicted octanol–water partition coefficient (Wildman–Crippen LogP) is 2.90. The molecule has 0 aliphatic heterocycles. The molecule has 0 unspecified atom stereocenters. The molecule has 0 amide bonds. The zero-order valence-corrected chi connectivity index (χ0v) is 8.57. The van der Waals surface area contributed by atoms with E-state index in [0.717, 1.165) is 12.1 Å². The Balaban J connectivity index is 2.54. The molecule has 2 N–H and O–H groups in total. The van der Waals surface area contributed by atoms with E-state index in [1.165, 1.54) is 6.07 Å². The highest BCUT2D eigenvalue weighted by Gasteiger charge is 2.09. The largest absolute Gasteiger partial charge is 0.397 e. The average molecular weight is 204 g/mol. The first-order chi connectivity index (χ1) is 7.22. The molecule has 0 aliphatic carbocycles. The van der Waals surface area contributed by atoms with Crippen LogP contribution in [0.4, 0.5) is 10.1 Å². The Morgan fingerprint density at radius 1 is 1.20 bits per heavy atom. The lowest BCUT2D eigenvalue weighted by Crippen LogP contribution is -1.87. The van der Waals surface area contributed by atoms with Crippen LogP contribution in [0.3, 0.4) is 0 Å². The molecule has 0 aliphatic rings. The molecule has 1 heterocycles. The summed E-state index contributed by atoms with van der Waals surface area (Å²) in [5.41, 5.74) is 7.76. The number of hydrogen-bond donors (Lipinski definition) is 1. The molecule has 2 nitrogen and oxygen atoms in total. The number of anilines is 1. The van der Waals surface area contributed by atoms with Crippen molar-refractivity contribution in [2.75, 3.05) is 5.73 Å². The van der Waals surface area contributed by atoms with Crippen molar-refractivity contribution in [2.24, 2.45) is 0 Å². The Hall–Kier alpha value is -1.77. The summed E-state index contributed by atoms with van der Waals surface area (Å²) in [6, 6.07) is 6.66. The highest BCUT2D eigenvalue weighted by Crippen LogP contribution is 2.28. The smallest absolute Gasteiger partial charge is 0.131 e. The minimum atomic E-state index is -0.238. The van der Waals surface area contributed by atoms with Crippen LogP contribution in [0.5, 0.6) is 0 Å². The first-order valence-corrected chi connectivity index (χ1v) is 4.92. The van der Waals surface area contributed by atoms with E-state index in [9.17, 15) is 4.39 Å². The Morgan fingerprint density at radius 2 is 1.93 bits per heavy atom. The van der Waals surface area contributed by atoms with Crippen molar-refractivity contribution in [3.05, 3.63) is 42.5 Å². The van der Waals surface area contributed by atoms with Gasteiger partial charge in [0.15, 0.2) is 0 Å². The fourth-order valence-corrected chi connectivity index (χ4v) is 1.61. The molecule has 15 heavy (non-hydrogen) atoms. The number of benzene rings is 1. The Kier molecular flexibility index (Phi) is 2.46. The lowest BCUT2D eigenvalue weighted by molar-refractivity contribution is 0.631. The molecule has 3 heteroatoms. The second-order valence-corrected chi connectivity index (χ2v) is 3.44. The maximum Gasteiger partial charge on any atom is 0.131 e. The van der Waals surface area contributed by atoms with E-state index < -0.39 is 0 Å². The fourth-order valence-electron chi connectivity index (χ4n) is 1.61. The van der Waals surface area contributed by atoms with E-state index in [0.29, 0.717) is 11.3 Å². The topological polar surface area (TPSA) is 30.9 Å². The molecule has 1 aromatic carbocycles. The molecule has 0 saturated heterocycles. The van der Waals surface area contributed by atoms with Crippen LogP contribution in [0.2, 0.25) is 0 Å². The third kappa shape index (κ3) is 1.73. The van der Waals surface area contributed by atoms with Gasteiger partial charge in [0.05, 0.1) is 5.69 Å². The number of halogens is 1.